The smallest absolute Gasteiger partial charge is 0.301 e. The SMILES string of the molecule is CC(C)n1ncc2c1NC(=O)[C@H]([N+](=O)[O-])[C@@H]2c1ccc(F)cc1. The molecule has 0 saturated heterocycles. The molecule has 120 valence electrons. The Morgan fingerprint density at radius 2 is 2.00 bits per heavy atom. The topological polar surface area (TPSA) is 90.1 Å². The van der Waals surface area contributed by atoms with E-state index >= 15 is 0 Å². The number of anilines is 1. The summed E-state index contributed by atoms with van der Waals surface area (Å²) in [6.45, 7) is 3.79. The molecule has 1 N–H and O–H groups in total. The predicted molar refractivity (Wildman–Crippen MR) is 80.3 cm³/mol. The molecule has 2 atom stereocenters. The molecule has 7 nitrogen and oxygen atoms in total. The van der Waals surface area contributed by atoms with Gasteiger partial charge in [-0.25, -0.2) is 9.07 Å². The van der Waals surface area contributed by atoms with Crippen molar-refractivity contribution in [1.82, 2.24) is 9.78 Å². The number of hydrogen-bond acceptors (Lipinski definition) is 4. The van der Waals surface area contributed by atoms with E-state index in [1.54, 1.807) is 4.68 Å². The van der Waals surface area contributed by atoms with E-state index in [-0.39, 0.29) is 6.04 Å². The summed E-state index contributed by atoms with van der Waals surface area (Å²) in [7, 11) is 0. The molecular weight excluding hydrogens is 303 g/mol. The minimum Gasteiger partial charge on any atom is -0.305 e. The number of rotatable bonds is 3. The lowest BCUT2D eigenvalue weighted by atomic mass is 9.83. The predicted octanol–water partition coefficient (Wildman–Crippen LogP) is 2.33. The Hall–Kier alpha value is -2.77. The average molecular weight is 318 g/mol. The number of fused-ring (bicyclic) bond motifs is 1. The van der Waals surface area contributed by atoms with Crippen LogP contribution in [0.15, 0.2) is 30.5 Å². The molecule has 0 radical (unpaired) electrons. The van der Waals surface area contributed by atoms with Gasteiger partial charge in [-0.3, -0.25) is 14.9 Å². The van der Waals surface area contributed by atoms with Crippen LogP contribution in [0.25, 0.3) is 0 Å². The Bertz CT molecular complexity index is 770. The van der Waals surface area contributed by atoms with Gasteiger partial charge in [0.05, 0.1) is 12.1 Å². The first-order chi connectivity index (χ1) is 10.9. The minimum atomic E-state index is -1.47. The first-order valence-corrected chi connectivity index (χ1v) is 7.17. The molecule has 23 heavy (non-hydrogen) atoms. The van der Waals surface area contributed by atoms with E-state index in [0.29, 0.717) is 16.9 Å². The van der Waals surface area contributed by atoms with Gasteiger partial charge in [-0.1, -0.05) is 12.1 Å². The van der Waals surface area contributed by atoms with E-state index in [4.69, 9.17) is 0 Å². The zero-order valence-electron chi connectivity index (χ0n) is 12.6. The maximum Gasteiger partial charge on any atom is 0.301 e. The Morgan fingerprint density at radius 1 is 1.35 bits per heavy atom. The molecular formula is C15H15FN4O3. The third kappa shape index (κ3) is 2.45. The zero-order chi connectivity index (χ0) is 16.7. The number of carbonyl (C=O) groups excluding carboxylic acids is 1. The van der Waals surface area contributed by atoms with Crippen molar-refractivity contribution in [3.8, 4) is 0 Å². The highest BCUT2D eigenvalue weighted by Gasteiger charge is 2.47. The van der Waals surface area contributed by atoms with Crippen LogP contribution in [-0.4, -0.2) is 26.7 Å². The number of amides is 1. The molecule has 1 aromatic heterocycles. The van der Waals surface area contributed by atoms with Gasteiger partial charge >= 0.3 is 11.9 Å². The third-order valence-electron chi connectivity index (χ3n) is 3.93. The van der Waals surface area contributed by atoms with Crippen LogP contribution in [0.1, 0.15) is 36.9 Å². The van der Waals surface area contributed by atoms with E-state index in [2.05, 4.69) is 10.4 Å². The Balaban J connectivity index is 2.18. The number of aromatic nitrogens is 2. The van der Waals surface area contributed by atoms with Gasteiger partial charge < -0.3 is 5.32 Å². The molecule has 0 bridgehead atoms. The first-order valence-electron chi connectivity index (χ1n) is 7.17. The molecule has 1 aliphatic rings. The molecule has 1 aliphatic heterocycles. The quantitative estimate of drug-likeness (QED) is 0.694. The summed E-state index contributed by atoms with van der Waals surface area (Å²) in [5, 5.41) is 18.2. The fourth-order valence-corrected chi connectivity index (χ4v) is 2.89. The van der Waals surface area contributed by atoms with Crippen molar-refractivity contribution in [2.45, 2.75) is 31.8 Å². The Morgan fingerprint density at radius 3 is 2.57 bits per heavy atom. The number of nitrogens with zero attached hydrogens (tertiary/aromatic N) is 3. The van der Waals surface area contributed by atoms with Crippen molar-refractivity contribution in [3.63, 3.8) is 0 Å². The van der Waals surface area contributed by atoms with Crippen molar-refractivity contribution >= 4 is 11.7 Å². The van der Waals surface area contributed by atoms with Crippen LogP contribution in [0, 0.1) is 15.9 Å². The highest BCUT2D eigenvalue weighted by Crippen LogP contribution is 2.39. The molecule has 8 heteroatoms. The third-order valence-corrected chi connectivity index (χ3v) is 3.93. The van der Waals surface area contributed by atoms with Gasteiger partial charge in [0.2, 0.25) is 0 Å². The number of hydrogen-bond donors (Lipinski definition) is 1. The fraction of sp³-hybridized carbons (Fsp3) is 0.333. The van der Waals surface area contributed by atoms with Crippen molar-refractivity contribution in [1.29, 1.82) is 0 Å². The number of nitrogens with one attached hydrogen (secondary N) is 1. The second-order valence-corrected chi connectivity index (χ2v) is 5.74. The van der Waals surface area contributed by atoms with Gasteiger partial charge in [0, 0.05) is 16.5 Å². The van der Waals surface area contributed by atoms with Crippen molar-refractivity contribution in [2.24, 2.45) is 0 Å². The number of nitro groups is 1. The number of carbonyl (C=O) groups is 1. The number of benzene rings is 1. The average Bonchev–Trinajstić information content (AvgIpc) is 2.90. The van der Waals surface area contributed by atoms with Crippen LogP contribution >= 0.6 is 0 Å². The van der Waals surface area contributed by atoms with Gasteiger partial charge in [0.25, 0.3) is 0 Å². The van der Waals surface area contributed by atoms with Gasteiger partial charge in [-0.2, -0.15) is 5.10 Å². The van der Waals surface area contributed by atoms with Crippen LogP contribution in [0.2, 0.25) is 0 Å². The van der Waals surface area contributed by atoms with Crippen LogP contribution in [-0.2, 0) is 4.79 Å². The van der Waals surface area contributed by atoms with Crippen molar-refractivity contribution in [2.75, 3.05) is 5.32 Å². The van der Waals surface area contributed by atoms with Crippen molar-refractivity contribution in [3.05, 3.63) is 57.5 Å². The summed E-state index contributed by atoms with van der Waals surface area (Å²) < 4.78 is 14.8. The molecule has 2 aromatic rings. The van der Waals surface area contributed by atoms with E-state index in [9.17, 15) is 19.3 Å². The standard InChI is InChI=1S/C15H15FN4O3/c1-8(2)19-14-11(7-17-19)12(9-3-5-10(16)6-4-9)13(20(22)23)15(21)18-14/h3-8,12-13H,1-2H3,(H,18,21)/t12-,13-/m1/s1. The highest BCUT2D eigenvalue weighted by molar-refractivity contribution is 5.97. The molecule has 0 unspecified atom stereocenters. The van der Waals surface area contributed by atoms with Crippen LogP contribution in [0.4, 0.5) is 10.2 Å². The maximum absolute atomic E-state index is 13.2. The molecule has 0 aliphatic carbocycles. The molecule has 1 amide bonds. The minimum absolute atomic E-state index is 0.0138. The monoisotopic (exact) mass is 318 g/mol. The molecule has 2 heterocycles. The first kappa shape index (κ1) is 15.1. The summed E-state index contributed by atoms with van der Waals surface area (Å²) >= 11 is 0. The summed E-state index contributed by atoms with van der Waals surface area (Å²) in [6.07, 6.45) is 1.53. The molecule has 0 saturated carbocycles. The lowest BCUT2D eigenvalue weighted by Gasteiger charge is -2.27. The zero-order valence-corrected chi connectivity index (χ0v) is 12.6. The summed E-state index contributed by atoms with van der Waals surface area (Å²) in [5.74, 6) is -1.48. The molecule has 0 spiro atoms. The van der Waals surface area contributed by atoms with Gasteiger partial charge in [0.1, 0.15) is 11.6 Å². The van der Waals surface area contributed by atoms with E-state index in [1.807, 2.05) is 13.8 Å². The molecule has 0 fully saturated rings. The summed E-state index contributed by atoms with van der Waals surface area (Å²) in [4.78, 5) is 23.1. The highest BCUT2D eigenvalue weighted by atomic mass is 19.1. The van der Waals surface area contributed by atoms with Crippen molar-refractivity contribution < 1.29 is 14.1 Å². The Labute approximate surface area is 131 Å². The summed E-state index contributed by atoms with van der Waals surface area (Å²) in [6, 6.07) is 3.89. The normalized spacial score (nSPS) is 20.3. The summed E-state index contributed by atoms with van der Waals surface area (Å²) in [5.41, 5.74) is 1.07. The Kier molecular flexibility index (Phi) is 3.59. The van der Waals surface area contributed by atoms with Gasteiger partial charge in [-0.05, 0) is 31.5 Å². The van der Waals surface area contributed by atoms with Crippen LogP contribution in [0.5, 0.6) is 0 Å². The van der Waals surface area contributed by atoms with Crippen LogP contribution in [0.3, 0.4) is 0 Å². The van der Waals surface area contributed by atoms with Crippen LogP contribution < -0.4 is 5.32 Å². The largest absolute Gasteiger partial charge is 0.305 e. The lowest BCUT2D eigenvalue weighted by molar-refractivity contribution is -0.509. The van der Waals surface area contributed by atoms with Gasteiger partial charge in [0.15, 0.2) is 0 Å². The fourth-order valence-electron chi connectivity index (χ4n) is 2.89. The lowest BCUT2D eigenvalue weighted by Crippen LogP contribution is -2.44. The number of halogens is 1. The second kappa shape index (κ2) is 5.45. The molecule has 1 aromatic carbocycles. The molecule has 3 rings (SSSR count). The van der Waals surface area contributed by atoms with E-state index < -0.39 is 28.6 Å². The van der Waals surface area contributed by atoms with E-state index in [1.165, 1.54) is 30.5 Å². The van der Waals surface area contributed by atoms with E-state index in [0.717, 1.165) is 0 Å². The second-order valence-electron chi connectivity index (χ2n) is 5.74. The maximum atomic E-state index is 13.2. The van der Waals surface area contributed by atoms with Gasteiger partial charge in [-0.15, -0.1) is 0 Å².